The molecule has 1 fully saturated rings. The van der Waals surface area contributed by atoms with Crippen LogP contribution < -0.4 is 20.5 Å². The molecule has 1 N–H and O–H groups in total. The van der Waals surface area contributed by atoms with Crippen molar-refractivity contribution in [2.45, 2.75) is 57.7 Å². The molecule has 8 heteroatoms. The van der Waals surface area contributed by atoms with E-state index in [0.29, 0.717) is 22.7 Å². The Balaban J connectivity index is 1.56. The lowest BCUT2D eigenvalue weighted by molar-refractivity contribution is -0.122. The van der Waals surface area contributed by atoms with Gasteiger partial charge in [0.1, 0.15) is 6.54 Å². The van der Waals surface area contributed by atoms with E-state index >= 15 is 0 Å². The molecule has 1 aromatic carbocycles. The second kappa shape index (κ2) is 9.46. The quantitative estimate of drug-likeness (QED) is 0.609. The van der Waals surface area contributed by atoms with Crippen LogP contribution in [0.25, 0.3) is 11.2 Å². The molecular weight excluding hydrogens is 408 g/mol. The van der Waals surface area contributed by atoms with Crippen LogP contribution in [0.2, 0.25) is 0 Å². The standard InChI is InChI=1S/C24H30N4O4/c1-16(17-11-12-20(31-2)21(14-17)32-3)26-22(29)15-27-19-10-7-13-25-23(19)28(24(27)30)18-8-5-4-6-9-18/h7,10-14,16,18H,4-6,8-9,15H2,1-3H3,(H,26,29)/t16-/m1/s1. The van der Waals surface area contributed by atoms with E-state index in [1.165, 1.54) is 11.0 Å². The highest BCUT2D eigenvalue weighted by molar-refractivity contribution is 5.79. The maximum atomic E-state index is 13.3. The average Bonchev–Trinajstić information content (AvgIpc) is 3.10. The van der Waals surface area contributed by atoms with Crippen LogP contribution in [0.3, 0.4) is 0 Å². The molecule has 2 aromatic heterocycles. The van der Waals surface area contributed by atoms with E-state index in [1.54, 1.807) is 31.0 Å². The monoisotopic (exact) mass is 438 g/mol. The number of fused-ring (bicyclic) bond motifs is 1. The van der Waals surface area contributed by atoms with E-state index in [1.807, 2.05) is 31.2 Å². The van der Waals surface area contributed by atoms with Crippen molar-refractivity contribution in [1.82, 2.24) is 19.4 Å². The van der Waals surface area contributed by atoms with Crippen LogP contribution in [0.4, 0.5) is 0 Å². The highest BCUT2D eigenvalue weighted by Gasteiger charge is 2.24. The van der Waals surface area contributed by atoms with Crippen molar-refractivity contribution >= 4 is 17.1 Å². The van der Waals surface area contributed by atoms with Gasteiger partial charge < -0.3 is 14.8 Å². The minimum absolute atomic E-state index is 0.0572. The van der Waals surface area contributed by atoms with Crippen molar-refractivity contribution in [3.8, 4) is 11.5 Å². The van der Waals surface area contributed by atoms with Gasteiger partial charge in [0.05, 0.1) is 25.8 Å². The molecule has 8 nitrogen and oxygen atoms in total. The Morgan fingerprint density at radius 2 is 1.91 bits per heavy atom. The number of benzene rings is 1. The number of pyridine rings is 1. The summed E-state index contributed by atoms with van der Waals surface area (Å²) >= 11 is 0. The number of imidazole rings is 1. The van der Waals surface area contributed by atoms with Gasteiger partial charge in [-0.25, -0.2) is 9.78 Å². The van der Waals surface area contributed by atoms with Crippen molar-refractivity contribution in [3.63, 3.8) is 0 Å². The first kappa shape index (κ1) is 21.9. The lowest BCUT2D eigenvalue weighted by atomic mass is 9.95. The summed E-state index contributed by atoms with van der Waals surface area (Å²) in [6, 6.07) is 9.07. The van der Waals surface area contributed by atoms with E-state index in [-0.39, 0.29) is 30.2 Å². The molecule has 3 aromatic rings. The molecule has 32 heavy (non-hydrogen) atoms. The molecule has 4 rings (SSSR count). The van der Waals surface area contributed by atoms with Gasteiger partial charge in [0.2, 0.25) is 5.91 Å². The summed E-state index contributed by atoms with van der Waals surface area (Å²) < 4.78 is 14.0. The summed E-state index contributed by atoms with van der Waals surface area (Å²) in [6.07, 6.45) is 7.06. The Bertz CT molecular complexity index is 1160. The fraction of sp³-hybridized carbons (Fsp3) is 0.458. The first-order valence-corrected chi connectivity index (χ1v) is 11.1. The molecule has 1 atom stereocenters. The topological polar surface area (TPSA) is 87.4 Å². The summed E-state index contributed by atoms with van der Waals surface area (Å²) in [7, 11) is 3.16. The average molecular weight is 439 g/mol. The Labute approximate surface area is 187 Å². The van der Waals surface area contributed by atoms with Gasteiger partial charge in [0.15, 0.2) is 17.1 Å². The van der Waals surface area contributed by atoms with E-state index in [9.17, 15) is 9.59 Å². The number of carbonyl (C=O) groups excluding carboxylic acids is 1. The third-order valence-electron chi connectivity index (χ3n) is 6.25. The van der Waals surface area contributed by atoms with Crippen LogP contribution in [0.1, 0.15) is 56.7 Å². The second-order valence-corrected chi connectivity index (χ2v) is 8.28. The molecule has 0 saturated heterocycles. The van der Waals surface area contributed by atoms with E-state index in [2.05, 4.69) is 10.3 Å². The smallest absolute Gasteiger partial charge is 0.331 e. The number of nitrogens with one attached hydrogen (secondary N) is 1. The molecule has 0 aliphatic heterocycles. The largest absolute Gasteiger partial charge is 0.493 e. The van der Waals surface area contributed by atoms with E-state index < -0.39 is 0 Å². The summed E-state index contributed by atoms with van der Waals surface area (Å²) in [5.41, 5.74) is 2.07. The highest BCUT2D eigenvalue weighted by Crippen LogP contribution is 2.30. The molecular formula is C24H30N4O4. The number of ether oxygens (including phenoxy) is 2. The Hall–Kier alpha value is -3.29. The highest BCUT2D eigenvalue weighted by atomic mass is 16.5. The number of methoxy groups -OCH3 is 2. The van der Waals surface area contributed by atoms with Crippen LogP contribution in [0, 0.1) is 0 Å². The fourth-order valence-corrected chi connectivity index (χ4v) is 4.57. The summed E-state index contributed by atoms with van der Waals surface area (Å²) in [6.45, 7) is 1.84. The van der Waals surface area contributed by atoms with Crippen molar-refractivity contribution in [3.05, 3.63) is 52.6 Å². The number of nitrogens with zero attached hydrogens (tertiary/aromatic N) is 3. The molecule has 2 heterocycles. The minimum atomic E-state index is -0.261. The minimum Gasteiger partial charge on any atom is -0.493 e. The molecule has 170 valence electrons. The molecule has 1 saturated carbocycles. The maximum absolute atomic E-state index is 13.3. The van der Waals surface area contributed by atoms with Gasteiger partial charge in [-0.15, -0.1) is 0 Å². The van der Waals surface area contributed by atoms with Crippen molar-refractivity contribution in [2.24, 2.45) is 0 Å². The number of hydrogen-bond acceptors (Lipinski definition) is 5. The third-order valence-corrected chi connectivity index (χ3v) is 6.25. The summed E-state index contributed by atoms with van der Waals surface area (Å²) in [5.74, 6) is 0.995. The predicted octanol–water partition coefficient (Wildman–Crippen LogP) is 3.60. The van der Waals surface area contributed by atoms with Gasteiger partial charge in [-0.3, -0.25) is 13.9 Å². The zero-order valence-corrected chi connectivity index (χ0v) is 18.8. The van der Waals surface area contributed by atoms with Crippen LogP contribution in [0.5, 0.6) is 11.5 Å². The third kappa shape index (κ3) is 4.22. The molecule has 1 aliphatic carbocycles. The van der Waals surface area contributed by atoms with Crippen molar-refractivity contribution in [2.75, 3.05) is 14.2 Å². The first-order chi connectivity index (χ1) is 15.5. The van der Waals surface area contributed by atoms with Gasteiger partial charge in [0.25, 0.3) is 0 Å². The van der Waals surface area contributed by atoms with Crippen LogP contribution >= 0.6 is 0 Å². The summed E-state index contributed by atoms with van der Waals surface area (Å²) in [4.78, 5) is 30.7. The van der Waals surface area contributed by atoms with Crippen LogP contribution in [0.15, 0.2) is 41.3 Å². The zero-order valence-electron chi connectivity index (χ0n) is 18.8. The van der Waals surface area contributed by atoms with E-state index in [0.717, 1.165) is 31.2 Å². The number of hydrogen-bond donors (Lipinski definition) is 1. The van der Waals surface area contributed by atoms with Gasteiger partial charge in [-0.2, -0.15) is 0 Å². The number of rotatable bonds is 7. The number of carbonyl (C=O) groups is 1. The molecule has 0 bridgehead atoms. The van der Waals surface area contributed by atoms with Crippen molar-refractivity contribution < 1.29 is 14.3 Å². The summed E-state index contributed by atoms with van der Waals surface area (Å²) in [5, 5.41) is 2.99. The van der Waals surface area contributed by atoms with Crippen LogP contribution in [-0.4, -0.2) is 34.2 Å². The number of amides is 1. The van der Waals surface area contributed by atoms with Gasteiger partial charge >= 0.3 is 5.69 Å². The first-order valence-electron chi connectivity index (χ1n) is 11.1. The lowest BCUT2D eigenvalue weighted by Crippen LogP contribution is -2.35. The molecule has 1 amide bonds. The number of aromatic nitrogens is 3. The molecule has 1 aliphatic rings. The Kier molecular flexibility index (Phi) is 6.48. The van der Waals surface area contributed by atoms with Crippen LogP contribution in [-0.2, 0) is 11.3 Å². The molecule has 0 unspecified atom stereocenters. The van der Waals surface area contributed by atoms with Gasteiger partial charge in [-0.1, -0.05) is 25.3 Å². The zero-order chi connectivity index (χ0) is 22.7. The Morgan fingerprint density at radius 3 is 2.62 bits per heavy atom. The second-order valence-electron chi connectivity index (χ2n) is 8.28. The normalized spacial score (nSPS) is 15.5. The fourth-order valence-electron chi connectivity index (χ4n) is 4.57. The lowest BCUT2D eigenvalue weighted by Gasteiger charge is -2.22. The molecule has 0 spiro atoms. The Morgan fingerprint density at radius 1 is 1.16 bits per heavy atom. The predicted molar refractivity (Wildman–Crippen MR) is 122 cm³/mol. The van der Waals surface area contributed by atoms with E-state index in [4.69, 9.17) is 9.47 Å². The SMILES string of the molecule is COc1ccc([C@@H](C)NC(=O)Cn2c(=O)n(C3CCCCC3)c3ncccc32)cc1OC. The van der Waals surface area contributed by atoms with Gasteiger partial charge in [-0.05, 0) is 49.6 Å². The van der Waals surface area contributed by atoms with Gasteiger partial charge in [0, 0.05) is 12.2 Å². The maximum Gasteiger partial charge on any atom is 0.331 e. The van der Waals surface area contributed by atoms with Crippen molar-refractivity contribution in [1.29, 1.82) is 0 Å². The molecule has 0 radical (unpaired) electrons.